The molecule has 0 radical (unpaired) electrons. The van der Waals surface area contributed by atoms with Crippen molar-refractivity contribution in [2.75, 3.05) is 63.2 Å². The summed E-state index contributed by atoms with van der Waals surface area (Å²) in [6.45, 7) is 11.0. The second kappa shape index (κ2) is 13.4. The lowest BCUT2D eigenvalue weighted by atomic mass is 10.1. The number of hydrogen-bond acceptors (Lipinski definition) is 5. The number of hydrogen-bond donors (Lipinski definition) is 2. The molecule has 1 heterocycles. The molecular formula is C24H38ClN5O4. The molecule has 4 amide bonds. The third kappa shape index (κ3) is 8.68. The van der Waals surface area contributed by atoms with E-state index in [-0.39, 0.29) is 36.3 Å². The number of benzene rings is 1. The van der Waals surface area contributed by atoms with Crippen molar-refractivity contribution in [1.82, 2.24) is 15.1 Å². The monoisotopic (exact) mass is 495 g/mol. The van der Waals surface area contributed by atoms with E-state index in [2.05, 4.69) is 15.5 Å². The Labute approximate surface area is 207 Å². The minimum absolute atomic E-state index is 0.0521. The maximum Gasteiger partial charge on any atom is 0.317 e. The number of methoxy groups -OCH3 is 1. The second-order valence-corrected chi connectivity index (χ2v) is 9.60. The number of anilines is 2. The predicted molar refractivity (Wildman–Crippen MR) is 135 cm³/mol. The minimum atomic E-state index is -0.317. The number of urea groups is 1. The Morgan fingerprint density at radius 1 is 1.12 bits per heavy atom. The molecule has 0 atom stereocenters. The fourth-order valence-corrected chi connectivity index (χ4v) is 3.81. The molecular weight excluding hydrogens is 458 g/mol. The zero-order chi connectivity index (χ0) is 25.3. The topological polar surface area (TPSA) is 94.2 Å². The van der Waals surface area contributed by atoms with Crippen LogP contribution in [0.15, 0.2) is 18.2 Å². The van der Waals surface area contributed by atoms with E-state index < -0.39 is 0 Å². The van der Waals surface area contributed by atoms with E-state index in [9.17, 15) is 14.4 Å². The van der Waals surface area contributed by atoms with Gasteiger partial charge in [-0.25, -0.2) is 4.79 Å². The van der Waals surface area contributed by atoms with Gasteiger partial charge < -0.3 is 30.1 Å². The Morgan fingerprint density at radius 3 is 2.38 bits per heavy atom. The molecule has 0 aromatic heterocycles. The molecule has 2 N–H and O–H groups in total. The Kier molecular flexibility index (Phi) is 10.9. The molecule has 2 rings (SSSR count). The van der Waals surface area contributed by atoms with Crippen LogP contribution in [0.1, 0.15) is 34.1 Å². The van der Waals surface area contributed by atoms with Crippen LogP contribution < -0.4 is 15.5 Å². The van der Waals surface area contributed by atoms with Crippen LogP contribution in [0.25, 0.3) is 0 Å². The van der Waals surface area contributed by atoms with Crippen molar-refractivity contribution in [3.63, 3.8) is 0 Å². The van der Waals surface area contributed by atoms with Crippen molar-refractivity contribution < 1.29 is 19.1 Å². The molecule has 0 unspecified atom stereocenters. The van der Waals surface area contributed by atoms with Gasteiger partial charge in [-0.05, 0) is 38.0 Å². The van der Waals surface area contributed by atoms with E-state index in [4.69, 9.17) is 16.3 Å². The number of nitrogens with zero attached hydrogens (tertiary/aromatic N) is 3. The van der Waals surface area contributed by atoms with Gasteiger partial charge in [0.15, 0.2) is 0 Å². The molecule has 1 aromatic carbocycles. The molecule has 1 aliphatic heterocycles. The molecule has 34 heavy (non-hydrogen) atoms. The first-order chi connectivity index (χ1) is 16.1. The van der Waals surface area contributed by atoms with Crippen LogP contribution in [-0.4, -0.2) is 86.7 Å². The molecule has 1 aromatic rings. The Bertz CT molecular complexity index is 841. The number of halogens is 1. The molecule has 0 bridgehead atoms. The maximum atomic E-state index is 12.8. The number of amides is 4. The van der Waals surface area contributed by atoms with Gasteiger partial charge in [-0.3, -0.25) is 9.59 Å². The van der Waals surface area contributed by atoms with E-state index >= 15 is 0 Å². The number of carbonyl (C=O) groups excluding carboxylic acids is 3. The second-order valence-electron chi connectivity index (χ2n) is 9.20. The van der Waals surface area contributed by atoms with E-state index in [1.54, 1.807) is 18.1 Å². The average Bonchev–Trinajstić information content (AvgIpc) is 2.77. The first kappa shape index (κ1) is 27.7. The van der Waals surface area contributed by atoms with Gasteiger partial charge in [-0.2, -0.15) is 0 Å². The molecule has 0 saturated carbocycles. The van der Waals surface area contributed by atoms with E-state index in [1.165, 1.54) is 4.90 Å². The fourth-order valence-electron chi connectivity index (χ4n) is 3.65. The first-order valence-electron chi connectivity index (χ1n) is 11.8. The summed E-state index contributed by atoms with van der Waals surface area (Å²) >= 11 is 6.35. The van der Waals surface area contributed by atoms with Gasteiger partial charge in [0.05, 0.1) is 23.9 Å². The van der Waals surface area contributed by atoms with Crippen LogP contribution in [0.5, 0.6) is 0 Å². The van der Waals surface area contributed by atoms with Crippen LogP contribution in [0.3, 0.4) is 0 Å². The van der Waals surface area contributed by atoms with Crippen molar-refractivity contribution in [2.45, 2.75) is 40.2 Å². The van der Waals surface area contributed by atoms with Crippen molar-refractivity contribution in [3.05, 3.63) is 23.2 Å². The van der Waals surface area contributed by atoms with Gasteiger partial charge in [0.2, 0.25) is 11.8 Å². The third-order valence-electron chi connectivity index (χ3n) is 5.40. The van der Waals surface area contributed by atoms with E-state index in [0.717, 1.165) is 5.69 Å². The van der Waals surface area contributed by atoms with Gasteiger partial charge in [-0.15, -0.1) is 0 Å². The molecule has 1 saturated heterocycles. The highest BCUT2D eigenvalue weighted by molar-refractivity contribution is 6.33. The summed E-state index contributed by atoms with van der Waals surface area (Å²) in [5.74, 6) is -0.201. The van der Waals surface area contributed by atoms with Gasteiger partial charge in [-0.1, -0.05) is 25.4 Å². The van der Waals surface area contributed by atoms with Gasteiger partial charge in [0.25, 0.3) is 0 Å². The van der Waals surface area contributed by atoms with Crippen LogP contribution in [0.2, 0.25) is 5.02 Å². The summed E-state index contributed by atoms with van der Waals surface area (Å²) < 4.78 is 5.09. The quantitative estimate of drug-likeness (QED) is 0.520. The lowest BCUT2D eigenvalue weighted by molar-refractivity contribution is -0.136. The number of piperazine rings is 1. The molecule has 9 nitrogen and oxygen atoms in total. The smallest absolute Gasteiger partial charge is 0.317 e. The lowest BCUT2D eigenvalue weighted by Crippen LogP contribution is -2.52. The van der Waals surface area contributed by atoms with Crippen molar-refractivity contribution >= 4 is 40.8 Å². The van der Waals surface area contributed by atoms with Crippen LogP contribution in [0.4, 0.5) is 16.2 Å². The van der Waals surface area contributed by atoms with Gasteiger partial charge in [0.1, 0.15) is 0 Å². The van der Waals surface area contributed by atoms with Crippen LogP contribution >= 0.6 is 11.6 Å². The Hall–Kier alpha value is -2.52. The van der Waals surface area contributed by atoms with E-state index in [1.807, 2.05) is 39.8 Å². The van der Waals surface area contributed by atoms with E-state index in [0.29, 0.717) is 56.5 Å². The standard InChI is InChI=1S/C24H38ClN5O4/c1-17(2)14-23(32)30(12-13-34-5)16-22(31)27-21-15-19(6-7-20(21)25)28-8-10-29(11-9-28)24(33)26-18(3)4/h6-7,15,17-18H,8-14,16H2,1-5H3,(H,26,33)(H,27,31). The van der Waals surface area contributed by atoms with Gasteiger partial charge >= 0.3 is 6.03 Å². The van der Waals surface area contributed by atoms with Crippen molar-refractivity contribution in [3.8, 4) is 0 Å². The van der Waals surface area contributed by atoms with Crippen LogP contribution in [-0.2, 0) is 14.3 Å². The highest BCUT2D eigenvalue weighted by Crippen LogP contribution is 2.28. The molecule has 0 spiro atoms. The zero-order valence-electron chi connectivity index (χ0n) is 20.9. The largest absolute Gasteiger partial charge is 0.383 e. The first-order valence-corrected chi connectivity index (χ1v) is 12.1. The molecule has 1 aliphatic rings. The summed E-state index contributed by atoms with van der Waals surface area (Å²) in [7, 11) is 1.56. The molecule has 1 fully saturated rings. The molecule has 190 valence electrons. The third-order valence-corrected chi connectivity index (χ3v) is 5.73. The van der Waals surface area contributed by atoms with Crippen LogP contribution in [0, 0.1) is 5.92 Å². The summed E-state index contributed by atoms with van der Waals surface area (Å²) in [5.41, 5.74) is 1.41. The highest BCUT2D eigenvalue weighted by atomic mass is 35.5. The highest BCUT2D eigenvalue weighted by Gasteiger charge is 2.23. The predicted octanol–water partition coefficient (Wildman–Crippen LogP) is 3.04. The Balaban J connectivity index is 2.01. The molecule has 0 aliphatic carbocycles. The number of nitrogens with one attached hydrogen (secondary N) is 2. The summed E-state index contributed by atoms with van der Waals surface area (Å²) in [5, 5.41) is 6.19. The summed E-state index contributed by atoms with van der Waals surface area (Å²) in [6, 6.07) is 5.53. The minimum Gasteiger partial charge on any atom is -0.383 e. The summed E-state index contributed by atoms with van der Waals surface area (Å²) in [6.07, 6.45) is 0.369. The number of rotatable bonds is 10. The Morgan fingerprint density at radius 2 is 1.79 bits per heavy atom. The fraction of sp³-hybridized carbons (Fsp3) is 0.625. The van der Waals surface area contributed by atoms with Crippen molar-refractivity contribution in [2.24, 2.45) is 5.92 Å². The van der Waals surface area contributed by atoms with Crippen molar-refractivity contribution in [1.29, 1.82) is 0 Å². The summed E-state index contributed by atoms with van der Waals surface area (Å²) in [4.78, 5) is 43.0. The number of carbonyl (C=O) groups is 3. The zero-order valence-corrected chi connectivity index (χ0v) is 21.7. The SMILES string of the molecule is COCCN(CC(=O)Nc1cc(N2CCN(C(=O)NC(C)C)CC2)ccc1Cl)C(=O)CC(C)C. The average molecular weight is 496 g/mol. The lowest BCUT2D eigenvalue weighted by Gasteiger charge is -2.36. The normalized spacial score (nSPS) is 13.9. The molecule has 10 heteroatoms. The maximum absolute atomic E-state index is 12.8. The number of ether oxygens (including phenoxy) is 1. The van der Waals surface area contributed by atoms with Gasteiger partial charge in [0, 0.05) is 58.0 Å².